The van der Waals surface area contributed by atoms with Crippen LogP contribution >= 0.6 is 0 Å². The van der Waals surface area contributed by atoms with Crippen molar-refractivity contribution < 1.29 is 9.53 Å². The zero-order valence-corrected chi connectivity index (χ0v) is 8.38. The van der Waals surface area contributed by atoms with Crippen LogP contribution in [0.5, 0.6) is 0 Å². The first-order valence-corrected chi connectivity index (χ1v) is 4.72. The van der Waals surface area contributed by atoms with Crippen LogP contribution in [0.3, 0.4) is 0 Å². The SMILES string of the molecule is COC(=O)CC1CNCCCN1C. The number of carbonyl (C=O) groups excluding carboxylic acids is 1. The smallest absolute Gasteiger partial charge is 0.307 e. The molecule has 1 atom stereocenters. The summed E-state index contributed by atoms with van der Waals surface area (Å²) in [4.78, 5) is 13.3. The van der Waals surface area contributed by atoms with Crippen LogP contribution in [0.4, 0.5) is 0 Å². The van der Waals surface area contributed by atoms with Gasteiger partial charge in [0.15, 0.2) is 0 Å². The first kappa shape index (κ1) is 10.5. The first-order chi connectivity index (χ1) is 6.24. The minimum atomic E-state index is -0.124. The molecule has 4 heteroatoms. The summed E-state index contributed by atoms with van der Waals surface area (Å²) in [5.74, 6) is -0.124. The zero-order chi connectivity index (χ0) is 9.68. The Hall–Kier alpha value is -0.610. The molecule has 0 aromatic rings. The standard InChI is InChI=1S/C9H18N2O2/c1-11-5-3-4-10-7-8(11)6-9(12)13-2/h8,10H,3-7H2,1-2H3. The topological polar surface area (TPSA) is 41.6 Å². The predicted molar refractivity (Wildman–Crippen MR) is 50.5 cm³/mol. The van der Waals surface area contributed by atoms with Crippen molar-refractivity contribution in [1.29, 1.82) is 0 Å². The number of hydrogen-bond donors (Lipinski definition) is 1. The number of likely N-dealkylation sites (N-methyl/N-ethyl adjacent to an activating group) is 1. The lowest BCUT2D eigenvalue weighted by atomic mass is 10.2. The fraction of sp³-hybridized carbons (Fsp3) is 0.889. The Labute approximate surface area is 79.2 Å². The molecule has 1 aliphatic heterocycles. The van der Waals surface area contributed by atoms with Crippen LogP contribution in [0.1, 0.15) is 12.8 Å². The summed E-state index contributed by atoms with van der Waals surface area (Å²) in [5, 5.41) is 3.31. The van der Waals surface area contributed by atoms with E-state index >= 15 is 0 Å². The van der Waals surface area contributed by atoms with Gasteiger partial charge in [0.05, 0.1) is 13.5 Å². The van der Waals surface area contributed by atoms with Gasteiger partial charge in [-0.2, -0.15) is 0 Å². The first-order valence-electron chi connectivity index (χ1n) is 4.72. The van der Waals surface area contributed by atoms with E-state index in [1.165, 1.54) is 7.11 Å². The fourth-order valence-electron chi connectivity index (χ4n) is 1.56. The molecule has 0 aromatic carbocycles. The molecule has 0 saturated carbocycles. The number of carbonyl (C=O) groups is 1. The number of esters is 1. The summed E-state index contributed by atoms with van der Waals surface area (Å²) >= 11 is 0. The Kier molecular flexibility index (Phi) is 4.18. The van der Waals surface area contributed by atoms with Crippen molar-refractivity contribution in [3.8, 4) is 0 Å². The molecule has 1 N–H and O–H groups in total. The van der Waals surface area contributed by atoms with Crippen molar-refractivity contribution in [2.75, 3.05) is 33.8 Å². The Morgan fingerprint density at radius 3 is 3.15 bits per heavy atom. The van der Waals surface area contributed by atoms with Gasteiger partial charge in [-0.25, -0.2) is 0 Å². The summed E-state index contributed by atoms with van der Waals surface area (Å²) in [6.07, 6.45) is 1.63. The van der Waals surface area contributed by atoms with E-state index in [-0.39, 0.29) is 12.0 Å². The van der Waals surface area contributed by atoms with Gasteiger partial charge in [0, 0.05) is 12.6 Å². The van der Waals surface area contributed by atoms with Gasteiger partial charge in [-0.1, -0.05) is 0 Å². The number of rotatable bonds is 2. The number of nitrogens with one attached hydrogen (secondary N) is 1. The minimum absolute atomic E-state index is 0.124. The summed E-state index contributed by atoms with van der Waals surface area (Å²) in [5.41, 5.74) is 0. The second-order valence-corrected chi connectivity index (χ2v) is 3.47. The molecule has 1 fully saturated rings. The lowest BCUT2D eigenvalue weighted by Gasteiger charge is -2.23. The van der Waals surface area contributed by atoms with E-state index in [2.05, 4.69) is 22.0 Å². The lowest BCUT2D eigenvalue weighted by molar-refractivity contribution is -0.141. The molecule has 13 heavy (non-hydrogen) atoms. The average molecular weight is 186 g/mol. The molecule has 0 bridgehead atoms. The molecule has 1 aliphatic rings. The molecular weight excluding hydrogens is 168 g/mol. The summed E-state index contributed by atoms with van der Waals surface area (Å²) in [6.45, 7) is 2.97. The van der Waals surface area contributed by atoms with Crippen LogP contribution in [-0.4, -0.2) is 50.7 Å². The van der Waals surface area contributed by atoms with E-state index in [1.807, 2.05) is 0 Å². The fourth-order valence-corrected chi connectivity index (χ4v) is 1.56. The van der Waals surface area contributed by atoms with Crippen LogP contribution in [0.15, 0.2) is 0 Å². The molecule has 0 spiro atoms. The Balaban J connectivity index is 2.40. The molecule has 0 aliphatic carbocycles. The van der Waals surface area contributed by atoms with Gasteiger partial charge in [0.1, 0.15) is 0 Å². The largest absolute Gasteiger partial charge is 0.469 e. The van der Waals surface area contributed by atoms with Crippen molar-refractivity contribution in [1.82, 2.24) is 10.2 Å². The van der Waals surface area contributed by atoms with Crippen LogP contribution in [0.25, 0.3) is 0 Å². The zero-order valence-electron chi connectivity index (χ0n) is 8.38. The molecule has 0 aromatic heterocycles. The van der Waals surface area contributed by atoms with Gasteiger partial charge in [0.2, 0.25) is 0 Å². The molecule has 76 valence electrons. The Morgan fingerprint density at radius 2 is 2.46 bits per heavy atom. The van der Waals surface area contributed by atoms with Gasteiger partial charge in [-0.3, -0.25) is 4.79 Å². The highest BCUT2D eigenvalue weighted by atomic mass is 16.5. The van der Waals surface area contributed by atoms with Gasteiger partial charge in [-0.15, -0.1) is 0 Å². The molecule has 1 rings (SSSR count). The van der Waals surface area contributed by atoms with E-state index in [9.17, 15) is 4.79 Å². The van der Waals surface area contributed by atoms with E-state index in [0.717, 1.165) is 26.1 Å². The second kappa shape index (κ2) is 5.19. The predicted octanol–water partition coefficient (Wildman–Crippen LogP) is -0.157. The highest BCUT2D eigenvalue weighted by molar-refractivity contribution is 5.69. The third-order valence-corrected chi connectivity index (χ3v) is 2.50. The highest BCUT2D eigenvalue weighted by Crippen LogP contribution is 2.05. The third-order valence-electron chi connectivity index (χ3n) is 2.50. The normalized spacial score (nSPS) is 25.2. The molecule has 4 nitrogen and oxygen atoms in total. The summed E-state index contributed by atoms with van der Waals surface area (Å²) in [6, 6.07) is 0.287. The molecule has 0 amide bonds. The Morgan fingerprint density at radius 1 is 1.69 bits per heavy atom. The maximum Gasteiger partial charge on any atom is 0.307 e. The van der Waals surface area contributed by atoms with Crippen molar-refractivity contribution in [3.63, 3.8) is 0 Å². The summed E-state index contributed by atoms with van der Waals surface area (Å²) in [7, 11) is 3.49. The Bertz CT molecular complexity index is 173. The van der Waals surface area contributed by atoms with Crippen LogP contribution < -0.4 is 5.32 Å². The third kappa shape index (κ3) is 3.32. The number of ether oxygens (including phenoxy) is 1. The maximum atomic E-state index is 11.1. The van der Waals surface area contributed by atoms with Gasteiger partial charge >= 0.3 is 5.97 Å². The van der Waals surface area contributed by atoms with Crippen molar-refractivity contribution >= 4 is 5.97 Å². The lowest BCUT2D eigenvalue weighted by Crippen LogP contribution is -2.38. The molecule has 1 unspecified atom stereocenters. The second-order valence-electron chi connectivity index (χ2n) is 3.47. The quantitative estimate of drug-likeness (QED) is 0.609. The molecule has 0 radical (unpaired) electrons. The number of methoxy groups -OCH3 is 1. The van der Waals surface area contributed by atoms with Gasteiger partial charge in [0.25, 0.3) is 0 Å². The number of nitrogens with zero attached hydrogens (tertiary/aromatic N) is 1. The van der Waals surface area contributed by atoms with Crippen LogP contribution in [0.2, 0.25) is 0 Å². The highest BCUT2D eigenvalue weighted by Gasteiger charge is 2.20. The maximum absolute atomic E-state index is 11.1. The molecule has 1 heterocycles. The van der Waals surface area contributed by atoms with E-state index in [0.29, 0.717) is 6.42 Å². The van der Waals surface area contributed by atoms with Crippen molar-refractivity contribution in [2.24, 2.45) is 0 Å². The monoisotopic (exact) mass is 186 g/mol. The molecule has 1 saturated heterocycles. The van der Waals surface area contributed by atoms with E-state index in [1.54, 1.807) is 0 Å². The van der Waals surface area contributed by atoms with Gasteiger partial charge < -0.3 is 15.0 Å². The summed E-state index contributed by atoms with van der Waals surface area (Å²) < 4.78 is 4.65. The van der Waals surface area contributed by atoms with Gasteiger partial charge in [-0.05, 0) is 26.6 Å². The minimum Gasteiger partial charge on any atom is -0.469 e. The van der Waals surface area contributed by atoms with Crippen molar-refractivity contribution in [2.45, 2.75) is 18.9 Å². The molecular formula is C9H18N2O2. The average Bonchev–Trinajstić information content (AvgIpc) is 2.32. The van der Waals surface area contributed by atoms with Crippen LogP contribution in [-0.2, 0) is 9.53 Å². The van der Waals surface area contributed by atoms with E-state index in [4.69, 9.17) is 0 Å². The van der Waals surface area contributed by atoms with E-state index < -0.39 is 0 Å². The number of hydrogen-bond acceptors (Lipinski definition) is 4. The van der Waals surface area contributed by atoms with Crippen LogP contribution in [0, 0.1) is 0 Å². The van der Waals surface area contributed by atoms with Crippen molar-refractivity contribution in [3.05, 3.63) is 0 Å².